The molecule has 0 aliphatic heterocycles. The molecular formula is C15H21N3O. The van der Waals surface area contributed by atoms with Gasteiger partial charge in [0, 0.05) is 17.9 Å². The predicted octanol–water partition coefficient (Wildman–Crippen LogP) is 2.43. The van der Waals surface area contributed by atoms with E-state index in [1.165, 1.54) is 11.4 Å². The van der Waals surface area contributed by atoms with Crippen LogP contribution >= 0.6 is 0 Å². The van der Waals surface area contributed by atoms with Gasteiger partial charge in [-0.1, -0.05) is 0 Å². The Bertz CT molecular complexity index is 509. The molecule has 2 heterocycles. The monoisotopic (exact) mass is 259 g/mol. The van der Waals surface area contributed by atoms with E-state index in [1.54, 1.807) is 6.20 Å². The van der Waals surface area contributed by atoms with Crippen molar-refractivity contribution in [2.45, 2.75) is 13.8 Å². The van der Waals surface area contributed by atoms with Crippen LogP contribution in [-0.4, -0.2) is 41.7 Å². The van der Waals surface area contributed by atoms with E-state index in [0.717, 1.165) is 18.1 Å². The molecule has 0 aromatic carbocycles. The first-order valence-corrected chi connectivity index (χ1v) is 6.47. The summed E-state index contributed by atoms with van der Waals surface area (Å²) in [4.78, 5) is 6.56. The summed E-state index contributed by atoms with van der Waals surface area (Å²) in [5.41, 5.74) is 2.37. The third-order valence-corrected chi connectivity index (χ3v) is 3.03. The molecule has 0 N–H and O–H groups in total. The van der Waals surface area contributed by atoms with E-state index >= 15 is 0 Å². The van der Waals surface area contributed by atoms with Crippen molar-refractivity contribution in [3.63, 3.8) is 0 Å². The second-order valence-electron chi connectivity index (χ2n) is 4.96. The lowest BCUT2D eigenvalue weighted by Gasteiger charge is -2.12. The molecule has 102 valence electrons. The molecule has 0 unspecified atom stereocenters. The Labute approximate surface area is 114 Å². The number of hydrogen-bond acceptors (Lipinski definition) is 3. The third-order valence-electron chi connectivity index (χ3n) is 3.03. The van der Waals surface area contributed by atoms with E-state index in [0.29, 0.717) is 6.61 Å². The van der Waals surface area contributed by atoms with Crippen LogP contribution < -0.4 is 4.74 Å². The van der Waals surface area contributed by atoms with Crippen LogP contribution in [0.4, 0.5) is 0 Å². The molecule has 0 saturated heterocycles. The van der Waals surface area contributed by atoms with E-state index in [4.69, 9.17) is 4.74 Å². The first kappa shape index (κ1) is 13.6. The molecule has 0 saturated carbocycles. The van der Waals surface area contributed by atoms with Crippen molar-refractivity contribution in [2.24, 2.45) is 0 Å². The number of pyridine rings is 1. The average Bonchev–Trinajstić information content (AvgIpc) is 2.70. The Kier molecular flexibility index (Phi) is 4.22. The Balaban J connectivity index is 2.06. The molecule has 0 bridgehead atoms. The van der Waals surface area contributed by atoms with Gasteiger partial charge in [-0.15, -0.1) is 0 Å². The van der Waals surface area contributed by atoms with Crippen molar-refractivity contribution in [1.29, 1.82) is 0 Å². The lowest BCUT2D eigenvalue weighted by atomic mass is 10.4. The normalized spacial score (nSPS) is 11.0. The van der Waals surface area contributed by atoms with Crippen LogP contribution in [0.1, 0.15) is 11.4 Å². The summed E-state index contributed by atoms with van der Waals surface area (Å²) in [6, 6.07) is 8.15. The van der Waals surface area contributed by atoms with Crippen LogP contribution in [0.5, 0.6) is 5.75 Å². The zero-order valence-corrected chi connectivity index (χ0v) is 12.1. The number of aromatic nitrogens is 2. The molecular weight excluding hydrogens is 238 g/mol. The molecule has 0 aliphatic rings. The van der Waals surface area contributed by atoms with Gasteiger partial charge in [0.1, 0.15) is 18.2 Å². The minimum atomic E-state index is 0.676. The lowest BCUT2D eigenvalue weighted by Crippen LogP contribution is -2.19. The van der Waals surface area contributed by atoms with Crippen molar-refractivity contribution in [1.82, 2.24) is 14.5 Å². The number of nitrogens with zero attached hydrogens (tertiary/aromatic N) is 3. The summed E-state index contributed by atoms with van der Waals surface area (Å²) in [6.45, 7) is 5.74. The van der Waals surface area contributed by atoms with Gasteiger partial charge in [0.25, 0.3) is 0 Å². The number of aryl methyl sites for hydroxylation is 2. The number of ether oxygens (including phenoxy) is 1. The number of hydrogen-bond donors (Lipinski definition) is 0. The summed E-state index contributed by atoms with van der Waals surface area (Å²) in [7, 11) is 4.06. The molecule has 2 aromatic heterocycles. The van der Waals surface area contributed by atoms with Gasteiger partial charge in [-0.2, -0.15) is 0 Å². The lowest BCUT2D eigenvalue weighted by molar-refractivity contribution is 0.260. The fourth-order valence-electron chi connectivity index (χ4n) is 1.97. The highest BCUT2D eigenvalue weighted by atomic mass is 16.5. The summed E-state index contributed by atoms with van der Waals surface area (Å²) >= 11 is 0. The van der Waals surface area contributed by atoms with Gasteiger partial charge >= 0.3 is 0 Å². The molecule has 0 atom stereocenters. The van der Waals surface area contributed by atoms with Crippen molar-refractivity contribution in [3.8, 4) is 11.6 Å². The highest BCUT2D eigenvalue weighted by Gasteiger charge is 2.05. The maximum absolute atomic E-state index is 5.64. The first-order chi connectivity index (χ1) is 9.08. The van der Waals surface area contributed by atoms with Gasteiger partial charge in [-0.05, 0) is 52.2 Å². The number of likely N-dealkylation sites (N-methyl/N-ethyl adjacent to an activating group) is 1. The quantitative estimate of drug-likeness (QED) is 0.826. The standard InChI is InChI=1S/C15H21N3O/c1-12-5-6-13(2)18(12)15-8-7-14(11-16-15)19-10-9-17(3)4/h5-8,11H,9-10H2,1-4H3. The zero-order valence-electron chi connectivity index (χ0n) is 12.1. The SMILES string of the molecule is Cc1ccc(C)n1-c1ccc(OCCN(C)C)cn1. The van der Waals surface area contributed by atoms with Gasteiger partial charge in [-0.25, -0.2) is 4.98 Å². The van der Waals surface area contributed by atoms with Gasteiger partial charge in [-0.3, -0.25) is 0 Å². The highest BCUT2D eigenvalue weighted by Crippen LogP contribution is 2.16. The van der Waals surface area contributed by atoms with Crippen molar-refractivity contribution in [3.05, 3.63) is 41.9 Å². The molecule has 4 nitrogen and oxygen atoms in total. The number of rotatable bonds is 5. The fourth-order valence-corrected chi connectivity index (χ4v) is 1.97. The third kappa shape index (κ3) is 3.35. The maximum Gasteiger partial charge on any atom is 0.137 e. The predicted molar refractivity (Wildman–Crippen MR) is 77.1 cm³/mol. The Morgan fingerprint density at radius 3 is 2.32 bits per heavy atom. The molecule has 2 aromatic rings. The van der Waals surface area contributed by atoms with E-state index in [2.05, 4.69) is 40.4 Å². The van der Waals surface area contributed by atoms with Crippen molar-refractivity contribution >= 4 is 0 Å². The van der Waals surface area contributed by atoms with Crippen LogP contribution in [0.25, 0.3) is 5.82 Å². The van der Waals surface area contributed by atoms with Crippen LogP contribution in [0, 0.1) is 13.8 Å². The minimum Gasteiger partial charge on any atom is -0.491 e. The Morgan fingerprint density at radius 2 is 1.79 bits per heavy atom. The molecule has 0 spiro atoms. The second-order valence-corrected chi connectivity index (χ2v) is 4.96. The molecule has 0 amide bonds. The van der Waals surface area contributed by atoms with Crippen LogP contribution in [0.2, 0.25) is 0 Å². The van der Waals surface area contributed by atoms with Crippen LogP contribution in [-0.2, 0) is 0 Å². The van der Waals surface area contributed by atoms with Gasteiger partial charge in [0.15, 0.2) is 0 Å². The van der Waals surface area contributed by atoms with E-state index in [-0.39, 0.29) is 0 Å². The van der Waals surface area contributed by atoms with Crippen LogP contribution in [0.15, 0.2) is 30.5 Å². The smallest absolute Gasteiger partial charge is 0.137 e. The molecule has 0 radical (unpaired) electrons. The minimum absolute atomic E-state index is 0.676. The van der Waals surface area contributed by atoms with Gasteiger partial charge < -0.3 is 14.2 Å². The molecule has 2 rings (SSSR count). The van der Waals surface area contributed by atoms with E-state index < -0.39 is 0 Å². The topological polar surface area (TPSA) is 30.3 Å². The van der Waals surface area contributed by atoms with Gasteiger partial charge in [0.05, 0.1) is 6.20 Å². The Hall–Kier alpha value is -1.81. The van der Waals surface area contributed by atoms with E-state index in [9.17, 15) is 0 Å². The van der Waals surface area contributed by atoms with Crippen molar-refractivity contribution < 1.29 is 4.74 Å². The largest absolute Gasteiger partial charge is 0.491 e. The Morgan fingerprint density at radius 1 is 1.11 bits per heavy atom. The molecule has 4 heteroatoms. The molecule has 19 heavy (non-hydrogen) atoms. The molecule has 0 aliphatic carbocycles. The van der Waals surface area contributed by atoms with Gasteiger partial charge in [0.2, 0.25) is 0 Å². The first-order valence-electron chi connectivity index (χ1n) is 6.47. The van der Waals surface area contributed by atoms with E-state index in [1.807, 2.05) is 26.2 Å². The summed E-state index contributed by atoms with van der Waals surface area (Å²) in [5.74, 6) is 1.74. The highest BCUT2D eigenvalue weighted by molar-refractivity contribution is 5.34. The summed E-state index contributed by atoms with van der Waals surface area (Å²) in [5, 5.41) is 0. The molecule has 0 fully saturated rings. The second kappa shape index (κ2) is 5.89. The maximum atomic E-state index is 5.64. The van der Waals surface area contributed by atoms with Crippen molar-refractivity contribution in [2.75, 3.05) is 27.2 Å². The zero-order chi connectivity index (χ0) is 13.8. The van der Waals surface area contributed by atoms with Crippen LogP contribution in [0.3, 0.4) is 0 Å². The fraction of sp³-hybridized carbons (Fsp3) is 0.400. The summed E-state index contributed by atoms with van der Waals surface area (Å²) in [6.07, 6.45) is 1.78. The summed E-state index contributed by atoms with van der Waals surface area (Å²) < 4.78 is 7.76. The average molecular weight is 259 g/mol.